The number of pyridine rings is 1. The van der Waals surface area contributed by atoms with Crippen molar-refractivity contribution in [1.82, 2.24) is 9.71 Å². The van der Waals surface area contributed by atoms with Crippen molar-refractivity contribution in [1.29, 1.82) is 0 Å². The molecule has 1 saturated carbocycles. The number of rotatable bonds is 4. The van der Waals surface area contributed by atoms with Crippen molar-refractivity contribution in [3.05, 3.63) is 18.3 Å². The molecule has 0 saturated heterocycles. The fourth-order valence-electron chi connectivity index (χ4n) is 2.17. The fraction of sp³-hybridized carbons (Fsp3) is 0.571. The van der Waals surface area contributed by atoms with Gasteiger partial charge in [-0.25, -0.2) is 18.2 Å². The third-order valence-electron chi connectivity index (χ3n) is 3.39. The second-order valence-corrected chi connectivity index (χ2v) is 8.14. The molecular weight excluding hydrogens is 306 g/mol. The summed E-state index contributed by atoms with van der Waals surface area (Å²) in [4.78, 5) is 16.1. The van der Waals surface area contributed by atoms with Crippen molar-refractivity contribution in [3.63, 3.8) is 0 Å². The minimum Gasteiger partial charge on any atom is -0.459 e. The lowest BCUT2D eigenvalue weighted by Crippen LogP contribution is -2.60. The number of ether oxygens (including phenoxy) is 1. The molecule has 0 amide bonds. The normalized spacial score (nSPS) is 17.6. The van der Waals surface area contributed by atoms with Crippen LogP contribution in [-0.4, -0.2) is 30.5 Å². The van der Waals surface area contributed by atoms with E-state index in [-0.39, 0.29) is 10.7 Å². The van der Waals surface area contributed by atoms with Crippen LogP contribution < -0.4 is 10.5 Å². The van der Waals surface area contributed by atoms with Gasteiger partial charge in [-0.1, -0.05) is 0 Å². The van der Waals surface area contributed by atoms with Gasteiger partial charge in [0.2, 0.25) is 10.0 Å². The zero-order valence-electron chi connectivity index (χ0n) is 12.9. The Morgan fingerprint density at radius 1 is 1.41 bits per heavy atom. The highest BCUT2D eigenvalue weighted by Gasteiger charge is 2.49. The number of hydrogen-bond acceptors (Lipinski definition) is 6. The number of nitrogen functional groups attached to an aromatic ring is 1. The topological polar surface area (TPSA) is 111 Å². The van der Waals surface area contributed by atoms with Crippen molar-refractivity contribution in [2.45, 2.75) is 56.1 Å². The first-order valence-corrected chi connectivity index (χ1v) is 8.51. The van der Waals surface area contributed by atoms with Gasteiger partial charge in [0.15, 0.2) is 0 Å². The lowest BCUT2D eigenvalue weighted by molar-refractivity contribution is -0.166. The molecule has 1 aliphatic rings. The van der Waals surface area contributed by atoms with Crippen LogP contribution in [0.5, 0.6) is 0 Å². The predicted octanol–water partition coefficient (Wildman–Crippen LogP) is 1.21. The first kappa shape index (κ1) is 16.7. The summed E-state index contributed by atoms with van der Waals surface area (Å²) < 4.78 is 32.8. The number of hydrogen-bond donors (Lipinski definition) is 2. The smallest absolute Gasteiger partial charge is 0.327 e. The molecule has 3 N–H and O–H groups in total. The summed E-state index contributed by atoms with van der Waals surface area (Å²) in [6.07, 6.45) is 2.91. The highest BCUT2D eigenvalue weighted by molar-refractivity contribution is 7.89. The van der Waals surface area contributed by atoms with Gasteiger partial charge >= 0.3 is 5.97 Å². The first-order valence-electron chi connectivity index (χ1n) is 7.03. The van der Waals surface area contributed by atoms with Crippen LogP contribution in [0.25, 0.3) is 0 Å². The van der Waals surface area contributed by atoms with E-state index in [9.17, 15) is 13.2 Å². The van der Waals surface area contributed by atoms with Gasteiger partial charge in [0.1, 0.15) is 17.0 Å². The fourth-order valence-corrected chi connectivity index (χ4v) is 3.60. The molecule has 0 aliphatic heterocycles. The van der Waals surface area contributed by atoms with E-state index in [4.69, 9.17) is 10.5 Å². The zero-order valence-corrected chi connectivity index (χ0v) is 13.7. The van der Waals surface area contributed by atoms with Crippen LogP contribution in [0.1, 0.15) is 40.0 Å². The third kappa shape index (κ3) is 3.56. The van der Waals surface area contributed by atoms with Crippen LogP contribution in [-0.2, 0) is 19.6 Å². The Hall–Kier alpha value is -1.67. The van der Waals surface area contributed by atoms with Crippen LogP contribution >= 0.6 is 0 Å². The Morgan fingerprint density at radius 3 is 2.50 bits per heavy atom. The summed E-state index contributed by atoms with van der Waals surface area (Å²) in [6, 6.07) is 2.59. The Balaban J connectivity index is 2.24. The van der Waals surface area contributed by atoms with Gasteiger partial charge in [-0.3, -0.25) is 0 Å². The van der Waals surface area contributed by atoms with E-state index >= 15 is 0 Å². The van der Waals surface area contributed by atoms with Crippen molar-refractivity contribution in [2.75, 3.05) is 5.73 Å². The van der Waals surface area contributed by atoms with E-state index < -0.39 is 27.1 Å². The lowest BCUT2D eigenvalue weighted by atomic mass is 9.77. The molecule has 0 unspecified atom stereocenters. The Kier molecular flexibility index (Phi) is 4.18. The average Bonchev–Trinajstić information content (AvgIpc) is 2.31. The molecule has 8 heteroatoms. The van der Waals surface area contributed by atoms with Gasteiger partial charge in [0, 0.05) is 12.3 Å². The molecule has 0 aromatic carbocycles. The summed E-state index contributed by atoms with van der Waals surface area (Å²) in [5, 5.41) is 0. The van der Waals surface area contributed by atoms with Gasteiger partial charge in [-0.2, -0.15) is 4.72 Å². The molecule has 1 aromatic heterocycles. The number of esters is 1. The Bertz CT molecular complexity index is 676. The maximum absolute atomic E-state index is 12.5. The largest absolute Gasteiger partial charge is 0.459 e. The molecule has 2 rings (SSSR count). The van der Waals surface area contributed by atoms with E-state index in [2.05, 4.69) is 9.71 Å². The average molecular weight is 327 g/mol. The predicted molar refractivity (Wildman–Crippen MR) is 81.4 cm³/mol. The van der Waals surface area contributed by atoms with Crippen LogP contribution in [0, 0.1) is 0 Å². The second kappa shape index (κ2) is 5.51. The number of nitrogens with zero attached hydrogens (tertiary/aromatic N) is 1. The number of sulfonamides is 1. The first-order chi connectivity index (χ1) is 10.0. The van der Waals surface area contributed by atoms with Gasteiger partial charge < -0.3 is 10.5 Å². The zero-order chi connectivity index (χ0) is 16.6. The molecule has 1 fully saturated rings. The molecular formula is C14H21N3O4S. The third-order valence-corrected chi connectivity index (χ3v) is 4.92. The second-order valence-electron chi connectivity index (χ2n) is 6.46. The number of anilines is 1. The molecule has 1 heterocycles. The highest BCUT2D eigenvalue weighted by atomic mass is 32.2. The van der Waals surface area contributed by atoms with Gasteiger partial charge in [-0.05, 0) is 46.1 Å². The SMILES string of the molecule is CC(C)(C)OC(=O)C1(NS(=O)(=O)c2ccnc(N)c2)CCC1. The van der Waals surface area contributed by atoms with Crippen LogP contribution in [0.2, 0.25) is 0 Å². The molecule has 0 spiro atoms. The van der Waals surface area contributed by atoms with Gasteiger partial charge in [-0.15, -0.1) is 0 Å². The van der Waals surface area contributed by atoms with Crippen molar-refractivity contribution in [3.8, 4) is 0 Å². The number of nitrogens with one attached hydrogen (secondary N) is 1. The van der Waals surface area contributed by atoms with E-state index in [1.165, 1.54) is 18.3 Å². The van der Waals surface area contributed by atoms with Crippen molar-refractivity contribution >= 4 is 21.8 Å². The minimum atomic E-state index is -3.87. The monoisotopic (exact) mass is 327 g/mol. The van der Waals surface area contributed by atoms with E-state index in [1.807, 2.05) is 0 Å². The van der Waals surface area contributed by atoms with Crippen molar-refractivity contribution < 1.29 is 17.9 Å². The van der Waals surface area contributed by atoms with E-state index in [1.54, 1.807) is 20.8 Å². The van der Waals surface area contributed by atoms with E-state index in [0.717, 1.165) is 6.42 Å². The maximum Gasteiger partial charge on any atom is 0.327 e. The summed E-state index contributed by atoms with van der Waals surface area (Å²) in [5.74, 6) is -0.445. The summed E-state index contributed by atoms with van der Waals surface area (Å²) in [6.45, 7) is 5.24. The summed E-state index contributed by atoms with van der Waals surface area (Å²) >= 11 is 0. The Labute approximate surface area is 130 Å². The maximum atomic E-state index is 12.5. The quantitative estimate of drug-likeness (QED) is 0.804. The van der Waals surface area contributed by atoms with Crippen LogP contribution in [0.3, 0.4) is 0 Å². The molecule has 1 aliphatic carbocycles. The molecule has 22 heavy (non-hydrogen) atoms. The number of carbonyl (C=O) groups excluding carboxylic acids is 1. The van der Waals surface area contributed by atoms with Crippen LogP contribution in [0.4, 0.5) is 5.82 Å². The molecule has 0 radical (unpaired) electrons. The van der Waals surface area contributed by atoms with E-state index in [0.29, 0.717) is 12.8 Å². The summed E-state index contributed by atoms with van der Waals surface area (Å²) in [7, 11) is -3.87. The van der Waals surface area contributed by atoms with Crippen molar-refractivity contribution in [2.24, 2.45) is 0 Å². The number of carbonyl (C=O) groups is 1. The van der Waals surface area contributed by atoms with Gasteiger partial charge in [0.25, 0.3) is 0 Å². The molecule has 122 valence electrons. The Morgan fingerprint density at radius 2 is 2.05 bits per heavy atom. The lowest BCUT2D eigenvalue weighted by Gasteiger charge is -2.41. The summed E-state index contributed by atoms with van der Waals surface area (Å²) in [5.41, 5.74) is 3.65. The van der Waals surface area contributed by atoms with Crippen LogP contribution in [0.15, 0.2) is 23.2 Å². The number of aromatic nitrogens is 1. The highest BCUT2D eigenvalue weighted by Crippen LogP contribution is 2.35. The molecule has 0 bridgehead atoms. The molecule has 0 atom stereocenters. The minimum absolute atomic E-state index is 0.0187. The number of nitrogens with two attached hydrogens (primary N) is 1. The standard InChI is InChI=1S/C14H21N3O4S/c1-13(2,3)21-12(18)14(6-4-7-14)17-22(19,20)10-5-8-16-11(15)9-10/h5,8-9,17H,4,6-7H2,1-3H3,(H2,15,16). The molecule has 1 aromatic rings. The molecule has 7 nitrogen and oxygen atoms in total. The van der Waals surface area contributed by atoms with Gasteiger partial charge in [0.05, 0.1) is 4.90 Å².